The monoisotopic (exact) mass is 286 g/mol. The van der Waals surface area contributed by atoms with Crippen LogP contribution in [0.3, 0.4) is 0 Å². The summed E-state index contributed by atoms with van der Waals surface area (Å²) in [6.07, 6.45) is 5.48. The van der Waals surface area contributed by atoms with Gasteiger partial charge in [0.1, 0.15) is 0 Å². The SMILES string of the molecule is Cc1ccc(CNC(=O)NC(C)C2CC3CCC2C3)cc1. The molecule has 4 unspecified atom stereocenters. The third kappa shape index (κ3) is 3.39. The van der Waals surface area contributed by atoms with Gasteiger partial charge in [-0.2, -0.15) is 0 Å². The van der Waals surface area contributed by atoms with E-state index in [-0.39, 0.29) is 6.03 Å². The highest BCUT2D eigenvalue weighted by atomic mass is 16.2. The molecule has 2 aliphatic rings. The molecule has 1 aromatic carbocycles. The summed E-state index contributed by atoms with van der Waals surface area (Å²) in [5.41, 5.74) is 2.39. The number of carbonyl (C=O) groups excluding carboxylic acids is 1. The van der Waals surface area contributed by atoms with Crippen molar-refractivity contribution < 1.29 is 4.79 Å². The second-order valence-corrected chi connectivity index (χ2v) is 6.94. The van der Waals surface area contributed by atoms with E-state index in [4.69, 9.17) is 0 Å². The molecule has 3 nitrogen and oxygen atoms in total. The first-order valence-corrected chi connectivity index (χ1v) is 8.21. The average molecular weight is 286 g/mol. The zero-order valence-electron chi connectivity index (χ0n) is 13.1. The summed E-state index contributed by atoms with van der Waals surface area (Å²) in [6.45, 7) is 4.83. The molecule has 4 atom stereocenters. The van der Waals surface area contributed by atoms with E-state index in [1.165, 1.54) is 31.2 Å². The maximum absolute atomic E-state index is 12.0. The van der Waals surface area contributed by atoms with Crippen molar-refractivity contribution in [1.29, 1.82) is 0 Å². The van der Waals surface area contributed by atoms with E-state index in [1.54, 1.807) is 0 Å². The zero-order chi connectivity index (χ0) is 14.8. The molecule has 0 radical (unpaired) electrons. The first kappa shape index (κ1) is 14.4. The fraction of sp³-hybridized carbons (Fsp3) is 0.611. The van der Waals surface area contributed by atoms with E-state index in [2.05, 4.69) is 48.7 Å². The fourth-order valence-electron chi connectivity index (χ4n) is 4.16. The summed E-state index contributed by atoms with van der Waals surface area (Å²) in [7, 11) is 0. The molecule has 21 heavy (non-hydrogen) atoms. The van der Waals surface area contributed by atoms with Crippen LogP contribution in [0, 0.1) is 24.7 Å². The molecule has 3 heteroatoms. The number of hydrogen-bond donors (Lipinski definition) is 2. The van der Waals surface area contributed by atoms with Gasteiger partial charge in [-0.3, -0.25) is 0 Å². The molecule has 0 aliphatic heterocycles. The summed E-state index contributed by atoms with van der Waals surface area (Å²) in [5, 5.41) is 6.11. The number of urea groups is 1. The smallest absolute Gasteiger partial charge is 0.315 e. The van der Waals surface area contributed by atoms with Crippen LogP contribution >= 0.6 is 0 Å². The Morgan fingerprint density at radius 1 is 1.24 bits per heavy atom. The van der Waals surface area contributed by atoms with Crippen LogP contribution < -0.4 is 10.6 Å². The van der Waals surface area contributed by atoms with Crippen molar-refractivity contribution in [3.8, 4) is 0 Å². The Bertz CT molecular complexity index is 496. The van der Waals surface area contributed by atoms with Crippen molar-refractivity contribution in [2.75, 3.05) is 0 Å². The molecule has 2 bridgehead atoms. The molecule has 2 aliphatic carbocycles. The Hall–Kier alpha value is -1.51. The third-order valence-corrected chi connectivity index (χ3v) is 5.37. The van der Waals surface area contributed by atoms with E-state index in [1.807, 2.05) is 0 Å². The molecular formula is C18H26N2O. The summed E-state index contributed by atoms with van der Waals surface area (Å²) >= 11 is 0. The first-order chi connectivity index (χ1) is 10.1. The van der Waals surface area contributed by atoms with E-state index < -0.39 is 0 Å². The minimum absolute atomic E-state index is 0.0363. The van der Waals surface area contributed by atoms with Crippen molar-refractivity contribution in [3.05, 3.63) is 35.4 Å². The normalized spacial score (nSPS) is 28.4. The van der Waals surface area contributed by atoms with Crippen molar-refractivity contribution in [3.63, 3.8) is 0 Å². The summed E-state index contributed by atoms with van der Waals surface area (Å²) in [5.74, 6) is 2.47. The van der Waals surface area contributed by atoms with Gasteiger partial charge in [0.2, 0.25) is 0 Å². The lowest BCUT2D eigenvalue weighted by molar-refractivity contribution is 0.220. The second kappa shape index (κ2) is 6.08. The Morgan fingerprint density at radius 2 is 2.00 bits per heavy atom. The van der Waals surface area contributed by atoms with Crippen LogP contribution in [0.5, 0.6) is 0 Å². The van der Waals surface area contributed by atoms with Gasteiger partial charge >= 0.3 is 6.03 Å². The van der Waals surface area contributed by atoms with Crippen LogP contribution in [-0.4, -0.2) is 12.1 Å². The Kier molecular flexibility index (Phi) is 4.18. The number of fused-ring (bicyclic) bond motifs is 2. The molecule has 3 rings (SSSR count). The minimum Gasteiger partial charge on any atom is -0.335 e. The quantitative estimate of drug-likeness (QED) is 0.872. The number of carbonyl (C=O) groups is 1. The van der Waals surface area contributed by atoms with Crippen molar-refractivity contribution in [2.45, 2.75) is 52.1 Å². The molecule has 2 saturated carbocycles. The van der Waals surface area contributed by atoms with Gasteiger partial charge in [0.05, 0.1) is 0 Å². The molecule has 0 saturated heterocycles. The molecule has 0 aromatic heterocycles. The second-order valence-electron chi connectivity index (χ2n) is 6.94. The van der Waals surface area contributed by atoms with Gasteiger partial charge in [0, 0.05) is 12.6 Å². The minimum atomic E-state index is -0.0363. The predicted octanol–water partition coefficient (Wildman–Crippen LogP) is 3.62. The lowest BCUT2D eigenvalue weighted by atomic mass is 9.84. The number of amides is 2. The molecule has 2 fully saturated rings. The van der Waals surface area contributed by atoms with Crippen molar-refractivity contribution >= 4 is 6.03 Å². The van der Waals surface area contributed by atoms with Gasteiger partial charge in [-0.05, 0) is 56.4 Å². The Balaban J connectivity index is 1.44. The maximum atomic E-state index is 12.0. The molecular weight excluding hydrogens is 260 g/mol. The summed E-state index contributed by atoms with van der Waals surface area (Å²) < 4.78 is 0. The predicted molar refractivity (Wildman–Crippen MR) is 85.0 cm³/mol. The summed E-state index contributed by atoms with van der Waals surface area (Å²) in [4.78, 5) is 12.0. The molecule has 2 amide bonds. The van der Waals surface area contributed by atoms with Gasteiger partial charge in [-0.25, -0.2) is 4.79 Å². The topological polar surface area (TPSA) is 41.1 Å². The number of nitrogens with one attached hydrogen (secondary N) is 2. The molecule has 2 N–H and O–H groups in total. The number of aryl methyl sites for hydroxylation is 1. The maximum Gasteiger partial charge on any atom is 0.315 e. The Morgan fingerprint density at radius 3 is 2.62 bits per heavy atom. The van der Waals surface area contributed by atoms with Crippen LogP contribution in [0.1, 0.15) is 43.7 Å². The Labute approximate surface area is 127 Å². The van der Waals surface area contributed by atoms with Gasteiger partial charge in [-0.15, -0.1) is 0 Å². The van der Waals surface area contributed by atoms with Crippen LogP contribution in [0.2, 0.25) is 0 Å². The molecule has 1 aromatic rings. The van der Waals surface area contributed by atoms with Gasteiger partial charge in [-0.1, -0.05) is 36.2 Å². The van der Waals surface area contributed by atoms with E-state index in [0.717, 1.165) is 17.4 Å². The fourth-order valence-corrected chi connectivity index (χ4v) is 4.16. The van der Waals surface area contributed by atoms with Crippen LogP contribution in [0.4, 0.5) is 4.79 Å². The average Bonchev–Trinajstić information content (AvgIpc) is 3.09. The largest absolute Gasteiger partial charge is 0.335 e. The molecule has 0 spiro atoms. The lowest BCUT2D eigenvalue weighted by Gasteiger charge is -2.28. The molecule has 114 valence electrons. The van der Waals surface area contributed by atoms with Gasteiger partial charge < -0.3 is 10.6 Å². The zero-order valence-corrected chi connectivity index (χ0v) is 13.1. The number of hydrogen-bond acceptors (Lipinski definition) is 1. The van der Waals surface area contributed by atoms with Gasteiger partial charge in [0.15, 0.2) is 0 Å². The van der Waals surface area contributed by atoms with Gasteiger partial charge in [0.25, 0.3) is 0 Å². The van der Waals surface area contributed by atoms with E-state index in [0.29, 0.717) is 18.5 Å². The van der Waals surface area contributed by atoms with Crippen LogP contribution in [-0.2, 0) is 6.54 Å². The highest BCUT2D eigenvalue weighted by Crippen LogP contribution is 2.49. The number of rotatable bonds is 4. The summed E-state index contributed by atoms with van der Waals surface area (Å²) in [6, 6.07) is 8.54. The lowest BCUT2D eigenvalue weighted by Crippen LogP contribution is -2.45. The van der Waals surface area contributed by atoms with Crippen molar-refractivity contribution in [1.82, 2.24) is 10.6 Å². The van der Waals surface area contributed by atoms with Crippen LogP contribution in [0.25, 0.3) is 0 Å². The highest BCUT2D eigenvalue weighted by Gasteiger charge is 2.42. The van der Waals surface area contributed by atoms with E-state index in [9.17, 15) is 4.79 Å². The highest BCUT2D eigenvalue weighted by molar-refractivity contribution is 5.74. The third-order valence-electron chi connectivity index (χ3n) is 5.37. The molecule has 0 heterocycles. The standard InChI is InChI=1S/C18H26N2O/c1-12-3-5-14(6-4-12)11-19-18(21)20-13(2)17-10-15-7-8-16(17)9-15/h3-6,13,15-17H,7-11H2,1-2H3,(H2,19,20,21). The van der Waals surface area contributed by atoms with Crippen molar-refractivity contribution in [2.24, 2.45) is 17.8 Å². The first-order valence-electron chi connectivity index (χ1n) is 8.21. The van der Waals surface area contributed by atoms with Crippen LogP contribution in [0.15, 0.2) is 24.3 Å². The number of benzene rings is 1. The van der Waals surface area contributed by atoms with E-state index >= 15 is 0 Å².